The Morgan fingerprint density at radius 3 is 2.30 bits per heavy atom. The number of nitrogens with zero attached hydrogens (tertiary/aromatic N) is 2. The van der Waals surface area contributed by atoms with E-state index in [1.807, 2.05) is 18.2 Å². The molecule has 0 fully saturated rings. The normalized spacial score (nSPS) is 14.0. The van der Waals surface area contributed by atoms with Crippen LogP contribution in [0.3, 0.4) is 0 Å². The maximum absolute atomic E-state index is 12.5. The average molecular weight is 606 g/mol. The van der Waals surface area contributed by atoms with E-state index >= 15 is 0 Å². The third-order valence-electron chi connectivity index (χ3n) is 7.10. The topological polar surface area (TPSA) is 176 Å². The zero-order chi connectivity index (χ0) is 31.3. The van der Waals surface area contributed by atoms with E-state index in [9.17, 15) is 30.0 Å². The third kappa shape index (κ3) is 8.77. The molecule has 0 radical (unpaired) electrons. The quantitative estimate of drug-likeness (QED) is 0.0955. The van der Waals surface area contributed by atoms with E-state index in [1.54, 1.807) is 12.1 Å². The van der Waals surface area contributed by atoms with Crippen LogP contribution in [0.5, 0.6) is 23.0 Å². The van der Waals surface area contributed by atoms with Crippen molar-refractivity contribution in [2.45, 2.75) is 25.3 Å². The number of aliphatic imine (C=N–C) groups is 1. The van der Waals surface area contributed by atoms with Crippen molar-refractivity contribution in [2.75, 3.05) is 50.8 Å². The number of benzene rings is 3. The van der Waals surface area contributed by atoms with Gasteiger partial charge in [-0.3, -0.25) is 9.59 Å². The van der Waals surface area contributed by atoms with Gasteiger partial charge in [-0.05, 0) is 62.2 Å². The first-order valence-corrected chi connectivity index (χ1v) is 14.6. The SMILES string of the molecule is O=C(NCCCN(CCCCNCCNC(=O)C1COC(c2cccc(O)c2O)=N1)c1ccccc1)c1cccc(O)c1O. The second kappa shape index (κ2) is 16.0. The molecular weight excluding hydrogens is 566 g/mol. The number of anilines is 1. The lowest BCUT2D eigenvalue weighted by molar-refractivity contribution is -0.122. The maximum atomic E-state index is 12.5. The van der Waals surface area contributed by atoms with Crippen LogP contribution < -0.4 is 20.9 Å². The molecule has 0 aliphatic carbocycles. The molecule has 12 heteroatoms. The molecule has 44 heavy (non-hydrogen) atoms. The number of phenols is 4. The van der Waals surface area contributed by atoms with E-state index in [0.29, 0.717) is 26.1 Å². The summed E-state index contributed by atoms with van der Waals surface area (Å²) in [6, 6.07) is 18.1. The summed E-state index contributed by atoms with van der Waals surface area (Å²) in [6.07, 6.45) is 2.57. The van der Waals surface area contributed by atoms with Crippen molar-refractivity contribution in [3.63, 3.8) is 0 Å². The molecule has 1 aliphatic heterocycles. The minimum absolute atomic E-state index is 0.0401. The van der Waals surface area contributed by atoms with Crippen molar-refractivity contribution in [2.24, 2.45) is 4.99 Å². The standard InChI is InChI=1S/C32H39N5O7/c38-26-13-6-11-23(28(26)40)30(42)34-16-8-20-37(22-9-2-1-3-10-22)19-5-4-15-33-17-18-35-31(43)25-21-44-32(36-25)24-12-7-14-27(39)29(24)41/h1-3,6-7,9-14,25,33,38-41H,4-5,8,15-21H2,(H,34,42)(H,35,43). The van der Waals surface area contributed by atoms with Gasteiger partial charge in [-0.2, -0.15) is 0 Å². The minimum atomic E-state index is -0.720. The van der Waals surface area contributed by atoms with E-state index in [1.165, 1.54) is 24.3 Å². The van der Waals surface area contributed by atoms with Crippen molar-refractivity contribution >= 4 is 23.4 Å². The molecule has 3 aromatic carbocycles. The Bertz CT molecular complexity index is 1430. The first-order valence-electron chi connectivity index (χ1n) is 14.6. The highest BCUT2D eigenvalue weighted by molar-refractivity contribution is 6.01. The van der Waals surface area contributed by atoms with Gasteiger partial charge in [-0.25, -0.2) is 4.99 Å². The van der Waals surface area contributed by atoms with Gasteiger partial charge in [0, 0.05) is 38.4 Å². The predicted octanol–water partition coefficient (Wildman–Crippen LogP) is 2.47. The van der Waals surface area contributed by atoms with Crippen LogP contribution in [0.4, 0.5) is 5.69 Å². The van der Waals surface area contributed by atoms with Crippen LogP contribution in [0.1, 0.15) is 35.2 Å². The summed E-state index contributed by atoms with van der Waals surface area (Å²) in [5.41, 5.74) is 1.38. The van der Waals surface area contributed by atoms with E-state index in [0.717, 1.165) is 38.2 Å². The summed E-state index contributed by atoms with van der Waals surface area (Å²) in [4.78, 5) is 31.4. The number of unbranched alkanes of at least 4 members (excludes halogenated alkanes) is 1. The van der Waals surface area contributed by atoms with Gasteiger partial charge in [0.25, 0.3) is 5.91 Å². The molecule has 2 amide bonds. The fourth-order valence-corrected chi connectivity index (χ4v) is 4.72. The third-order valence-corrected chi connectivity index (χ3v) is 7.10. The molecule has 7 N–H and O–H groups in total. The Kier molecular flexibility index (Phi) is 11.6. The predicted molar refractivity (Wildman–Crippen MR) is 167 cm³/mol. The molecule has 12 nitrogen and oxygen atoms in total. The van der Waals surface area contributed by atoms with Gasteiger partial charge in [0.2, 0.25) is 11.8 Å². The number of rotatable bonds is 16. The number of ether oxygens (including phenoxy) is 1. The Hall–Kier alpha value is -4.97. The van der Waals surface area contributed by atoms with Gasteiger partial charge in [0.05, 0.1) is 11.1 Å². The maximum Gasteiger partial charge on any atom is 0.255 e. The molecule has 0 saturated carbocycles. The zero-order valence-corrected chi connectivity index (χ0v) is 24.4. The van der Waals surface area contributed by atoms with Gasteiger partial charge >= 0.3 is 0 Å². The molecule has 1 heterocycles. The smallest absolute Gasteiger partial charge is 0.255 e. The van der Waals surface area contributed by atoms with Crippen molar-refractivity contribution < 1.29 is 34.8 Å². The summed E-state index contributed by atoms with van der Waals surface area (Å²) in [5.74, 6) is -1.95. The second-order valence-electron chi connectivity index (χ2n) is 10.3. The highest BCUT2D eigenvalue weighted by Crippen LogP contribution is 2.30. The lowest BCUT2D eigenvalue weighted by atomic mass is 10.1. The van der Waals surface area contributed by atoms with Crippen molar-refractivity contribution in [1.29, 1.82) is 0 Å². The van der Waals surface area contributed by atoms with E-state index in [2.05, 4.69) is 38.0 Å². The van der Waals surface area contributed by atoms with Gasteiger partial charge in [0.15, 0.2) is 29.0 Å². The summed E-state index contributed by atoms with van der Waals surface area (Å²) in [5, 5.41) is 48.2. The largest absolute Gasteiger partial charge is 0.504 e. The Balaban J connectivity index is 1.12. The van der Waals surface area contributed by atoms with Gasteiger partial charge < -0.3 is 46.0 Å². The van der Waals surface area contributed by atoms with Crippen molar-refractivity contribution in [3.05, 3.63) is 77.9 Å². The van der Waals surface area contributed by atoms with Crippen LogP contribution in [0.25, 0.3) is 0 Å². The fourth-order valence-electron chi connectivity index (χ4n) is 4.72. The highest BCUT2D eigenvalue weighted by Gasteiger charge is 2.28. The van der Waals surface area contributed by atoms with Crippen LogP contribution in [-0.2, 0) is 9.53 Å². The number of para-hydroxylation sites is 3. The molecule has 1 aliphatic rings. The first kappa shape index (κ1) is 32.0. The molecular formula is C32H39N5O7. The van der Waals surface area contributed by atoms with Crippen LogP contribution in [0.2, 0.25) is 0 Å². The van der Waals surface area contributed by atoms with Crippen molar-refractivity contribution in [3.8, 4) is 23.0 Å². The fraction of sp³-hybridized carbons (Fsp3) is 0.344. The number of carbonyl (C=O) groups excluding carboxylic acids is 2. The van der Waals surface area contributed by atoms with Crippen LogP contribution in [-0.4, -0.2) is 90.1 Å². The summed E-state index contributed by atoms with van der Waals surface area (Å²) < 4.78 is 5.46. The zero-order valence-electron chi connectivity index (χ0n) is 24.4. The molecule has 0 aromatic heterocycles. The number of hydrogen-bond acceptors (Lipinski definition) is 10. The van der Waals surface area contributed by atoms with Gasteiger partial charge in [-0.1, -0.05) is 30.3 Å². The second-order valence-corrected chi connectivity index (χ2v) is 10.3. The number of hydrogen-bond donors (Lipinski definition) is 7. The van der Waals surface area contributed by atoms with E-state index in [4.69, 9.17) is 4.74 Å². The minimum Gasteiger partial charge on any atom is -0.504 e. The summed E-state index contributed by atoms with van der Waals surface area (Å²) >= 11 is 0. The number of phenolic OH excluding ortho intramolecular Hbond substituents is 4. The molecule has 0 spiro atoms. The Labute approximate surface area is 256 Å². The first-order chi connectivity index (χ1) is 21.3. The summed E-state index contributed by atoms with van der Waals surface area (Å²) in [7, 11) is 0. The average Bonchev–Trinajstić information content (AvgIpc) is 3.52. The Morgan fingerprint density at radius 2 is 1.50 bits per heavy atom. The number of amides is 2. The van der Waals surface area contributed by atoms with Crippen molar-refractivity contribution in [1.82, 2.24) is 16.0 Å². The monoisotopic (exact) mass is 605 g/mol. The van der Waals surface area contributed by atoms with Crippen LogP contribution in [0, 0.1) is 0 Å². The molecule has 0 saturated heterocycles. The highest BCUT2D eigenvalue weighted by atomic mass is 16.5. The number of nitrogens with one attached hydrogen (secondary N) is 3. The number of carbonyl (C=O) groups is 2. The van der Waals surface area contributed by atoms with E-state index in [-0.39, 0.29) is 46.8 Å². The lowest BCUT2D eigenvalue weighted by Gasteiger charge is -2.25. The molecule has 4 rings (SSSR count). The van der Waals surface area contributed by atoms with Gasteiger partial charge in [0.1, 0.15) is 6.61 Å². The molecule has 0 bridgehead atoms. The molecule has 1 atom stereocenters. The number of aromatic hydroxyl groups is 4. The Morgan fingerprint density at radius 1 is 0.773 bits per heavy atom. The van der Waals surface area contributed by atoms with Crippen LogP contribution in [0.15, 0.2) is 71.7 Å². The molecule has 234 valence electrons. The van der Waals surface area contributed by atoms with Crippen LogP contribution >= 0.6 is 0 Å². The van der Waals surface area contributed by atoms with E-state index < -0.39 is 17.7 Å². The summed E-state index contributed by atoms with van der Waals surface area (Å²) in [6.45, 7) is 3.86. The molecule has 3 aromatic rings. The molecule has 1 unspecified atom stereocenters. The lowest BCUT2D eigenvalue weighted by Crippen LogP contribution is -2.38. The van der Waals surface area contributed by atoms with Gasteiger partial charge in [-0.15, -0.1) is 0 Å².